The summed E-state index contributed by atoms with van der Waals surface area (Å²) in [4.78, 5) is 10.1. The number of Topliss-reactive ketones (excluding diaryl/α,β-unsaturated/α-hetero) is 1. The maximum absolute atomic E-state index is 12.3. The molecule has 0 aliphatic rings. The number of alkyl halides is 3. The summed E-state index contributed by atoms with van der Waals surface area (Å²) in [5, 5.41) is 0. The van der Waals surface area contributed by atoms with Crippen LogP contribution in [0.5, 0.6) is 0 Å². The van der Waals surface area contributed by atoms with Crippen molar-refractivity contribution in [2.45, 2.75) is 17.3 Å². The number of carbonyl (C=O) groups is 1. The van der Waals surface area contributed by atoms with Crippen molar-refractivity contribution in [1.82, 2.24) is 0 Å². The van der Waals surface area contributed by atoms with Crippen LogP contribution in [0.4, 0.5) is 13.2 Å². The summed E-state index contributed by atoms with van der Waals surface area (Å²) in [6, 6.07) is 2.95. The lowest BCUT2D eigenvalue weighted by Crippen LogP contribution is -2.25. The third kappa shape index (κ3) is 2.69. The van der Waals surface area contributed by atoms with Gasteiger partial charge in [-0.25, -0.2) is 8.42 Å². The van der Waals surface area contributed by atoms with Crippen molar-refractivity contribution in [2.24, 2.45) is 0 Å². The molecule has 0 amide bonds. The Bertz CT molecular complexity index is 563. The minimum absolute atomic E-state index is 0.0622. The van der Waals surface area contributed by atoms with Gasteiger partial charge >= 0.3 is 5.51 Å². The van der Waals surface area contributed by atoms with Gasteiger partial charge in [-0.2, -0.15) is 13.2 Å². The molecule has 0 spiro atoms. The van der Waals surface area contributed by atoms with Gasteiger partial charge in [-0.15, -0.1) is 0 Å². The molecule has 1 rings (SSSR count). The molecule has 0 aliphatic heterocycles. The van der Waals surface area contributed by atoms with Gasteiger partial charge in [-0.1, -0.05) is 11.5 Å². The van der Waals surface area contributed by atoms with E-state index in [2.05, 4.69) is 0 Å². The molecule has 92 valence electrons. The first-order valence-electron chi connectivity index (χ1n) is 4.49. The first kappa shape index (κ1) is 13.8. The molecule has 1 aromatic carbocycles. The molecule has 0 atom stereocenters. The van der Waals surface area contributed by atoms with Crippen LogP contribution in [0.3, 0.4) is 0 Å². The first-order chi connectivity index (χ1) is 7.55. The molecule has 0 fully saturated rings. The van der Waals surface area contributed by atoms with Crippen LogP contribution >= 0.6 is 0 Å². The van der Waals surface area contributed by atoms with Crippen molar-refractivity contribution in [3.05, 3.63) is 23.8 Å². The second-order valence-electron chi connectivity index (χ2n) is 3.54. The molecule has 8 heteroatoms. The highest BCUT2D eigenvalue weighted by molar-refractivity contribution is 7.92. The molecule has 0 heterocycles. The van der Waals surface area contributed by atoms with E-state index in [0.717, 1.165) is 19.1 Å². The number of rotatable bonds is 2. The number of hydrogen-bond donors (Lipinski definition) is 0. The molecule has 3 nitrogen and oxygen atoms in total. The monoisotopic (exact) mass is 264 g/mol. The van der Waals surface area contributed by atoms with E-state index >= 15 is 0 Å². The lowest BCUT2D eigenvalue weighted by atomic mass is 9.93. The van der Waals surface area contributed by atoms with Crippen LogP contribution in [0.25, 0.3) is 0 Å². The quantitative estimate of drug-likeness (QED) is 0.575. The van der Waals surface area contributed by atoms with E-state index in [9.17, 15) is 26.4 Å². The molecule has 0 aromatic heterocycles. The smallest absolute Gasteiger partial charge is 0.295 e. The summed E-state index contributed by atoms with van der Waals surface area (Å²) in [6.07, 6.45) is 0. The van der Waals surface area contributed by atoms with E-state index in [-0.39, 0.29) is 11.0 Å². The molecule has 0 radical (unpaired) electrons. The summed E-state index contributed by atoms with van der Waals surface area (Å²) in [5.74, 6) is -0.493. The predicted molar refractivity (Wildman–Crippen MR) is 57.9 cm³/mol. The standard InChI is InChI=1S/C9H8BF3O3S/c1-5(14)6-2-7(10)4-8(3-6)17(15,16)9(11,12)13/h2-4H,10H2,1H3. The zero-order valence-corrected chi connectivity index (χ0v) is 9.82. The van der Waals surface area contributed by atoms with Crippen molar-refractivity contribution in [1.29, 1.82) is 0 Å². The third-order valence-corrected chi connectivity index (χ3v) is 3.54. The van der Waals surface area contributed by atoms with Crippen LogP contribution in [-0.4, -0.2) is 27.6 Å². The number of halogens is 3. The Hall–Kier alpha value is -1.31. The van der Waals surface area contributed by atoms with Gasteiger partial charge in [-0.3, -0.25) is 4.79 Å². The topological polar surface area (TPSA) is 51.2 Å². The Morgan fingerprint density at radius 3 is 2.18 bits per heavy atom. The Morgan fingerprint density at radius 1 is 1.24 bits per heavy atom. The highest BCUT2D eigenvalue weighted by atomic mass is 32.2. The predicted octanol–water partition coefficient (Wildman–Crippen LogP) is 0.441. The van der Waals surface area contributed by atoms with Gasteiger partial charge in [0.05, 0.1) is 4.90 Å². The van der Waals surface area contributed by atoms with Crippen molar-refractivity contribution in [3.63, 3.8) is 0 Å². The fourth-order valence-corrected chi connectivity index (χ4v) is 2.13. The first-order valence-corrected chi connectivity index (χ1v) is 5.98. The van der Waals surface area contributed by atoms with Crippen LogP contribution in [0.1, 0.15) is 17.3 Å². The summed E-state index contributed by atoms with van der Waals surface area (Å²) in [6.45, 7) is 1.15. The van der Waals surface area contributed by atoms with Gasteiger partial charge in [-0.05, 0) is 19.1 Å². The van der Waals surface area contributed by atoms with Gasteiger partial charge in [0.15, 0.2) is 5.78 Å². The van der Waals surface area contributed by atoms with Gasteiger partial charge in [0.25, 0.3) is 9.84 Å². The van der Waals surface area contributed by atoms with Crippen molar-refractivity contribution < 1.29 is 26.4 Å². The van der Waals surface area contributed by atoms with Crippen LogP contribution < -0.4 is 5.46 Å². The number of ketones is 1. The number of carbonyl (C=O) groups excluding carboxylic acids is 1. The summed E-state index contributed by atoms with van der Waals surface area (Å²) < 4.78 is 59.2. The molecule has 1 aromatic rings. The van der Waals surface area contributed by atoms with Crippen molar-refractivity contribution in [2.75, 3.05) is 0 Å². The summed E-state index contributed by atoms with van der Waals surface area (Å²) in [5.41, 5.74) is -5.15. The molecular formula is C9H8BF3O3S. The average molecular weight is 264 g/mol. The van der Waals surface area contributed by atoms with E-state index in [1.807, 2.05) is 0 Å². The van der Waals surface area contributed by atoms with E-state index in [1.165, 1.54) is 13.9 Å². The second-order valence-corrected chi connectivity index (χ2v) is 5.48. The maximum Gasteiger partial charge on any atom is 0.501 e. The third-order valence-electron chi connectivity index (χ3n) is 2.07. The van der Waals surface area contributed by atoms with Crippen LogP contribution in [0.15, 0.2) is 23.1 Å². The molecule has 0 aliphatic carbocycles. The molecule has 0 saturated heterocycles. The molecule has 0 saturated carbocycles. The van der Waals surface area contributed by atoms with Gasteiger partial charge < -0.3 is 0 Å². The fourth-order valence-electron chi connectivity index (χ4n) is 1.24. The normalized spacial score (nSPS) is 12.5. The van der Waals surface area contributed by atoms with Gasteiger partial charge in [0, 0.05) is 5.56 Å². The molecule has 17 heavy (non-hydrogen) atoms. The minimum atomic E-state index is -5.41. The van der Waals surface area contributed by atoms with Crippen LogP contribution in [0, 0.1) is 0 Å². The van der Waals surface area contributed by atoms with Gasteiger partial charge in [0.2, 0.25) is 0 Å². The highest BCUT2D eigenvalue weighted by Gasteiger charge is 2.47. The molecular weight excluding hydrogens is 256 g/mol. The lowest BCUT2D eigenvalue weighted by Gasteiger charge is -2.10. The second kappa shape index (κ2) is 4.17. The van der Waals surface area contributed by atoms with E-state index in [1.54, 1.807) is 0 Å². The molecule has 0 bridgehead atoms. The van der Waals surface area contributed by atoms with Crippen LogP contribution in [-0.2, 0) is 9.84 Å². The largest absolute Gasteiger partial charge is 0.501 e. The van der Waals surface area contributed by atoms with Crippen LogP contribution in [0.2, 0.25) is 0 Å². The van der Waals surface area contributed by atoms with Gasteiger partial charge in [0.1, 0.15) is 7.85 Å². The van der Waals surface area contributed by atoms with E-state index in [0.29, 0.717) is 0 Å². The maximum atomic E-state index is 12.3. The van der Waals surface area contributed by atoms with E-state index in [4.69, 9.17) is 0 Å². The average Bonchev–Trinajstić information content (AvgIpc) is 2.14. The Balaban J connectivity index is 3.49. The minimum Gasteiger partial charge on any atom is -0.295 e. The number of benzene rings is 1. The Morgan fingerprint density at radius 2 is 1.76 bits per heavy atom. The summed E-state index contributed by atoms with van der Waals surface area (Å²) in [7, 11) is -3.99. The van der Waals surface area contributed by atoms with E-state index < -0.39 is 26.0 Å². The highest BCUT2D eigenvalue weighted by Crippen LogP contribution is 2.30. The SMILES string of the molecule is Bc1cc(C(C)=O)cc(S(=O)(=O)C(F)(F)F)c1. The zero-order chi connectivity index (χ0) is 13.4. The summed E-state index contributed by atoms with van der Waals surface area (Å²) >= 11 is 0. The number of hydrogen-bond acceptors (Lipinski definition) is 3. The fraction of sp³-hybridized carbons (Fsp3) is 0.222. The number of sulfone groups is 1. The molecule has 0 N–H and O–H groups in total. The zero-order valence-electron chi connectivity index (χ0n) is 9.00. The lowest BCUT2D eigenvalue weighted by molar-refractivity contribution is -0.0436. The molecule has 0 unspecified atom stereocenters. The Kier molecular flexibility index (Phi) is 3.38. The Labute approximate surface area is 97.0 Å². The van der Waals surface area contributed by atoms with Crippen molar-refractivity contribution >= 4 is 28.9 Å². The van der Waals surface area contributed by atoms with Crippen molar-refractivity contribution in [3.8, 4) is 0 Å².